The van der Waals surface area contributed by atoms with Crippen LogP contribution in [0.3, 0.4) is 0 Å². The van der Waals surface area contributed by atoms with Crippen molar-refractivity contribution < 1.29 is 38.2 Å². The quantitative estimate of drug-likeness (QED) is 0.0686. The zero-order valence-electron chi connectivity index (χ0n) is 40.2. The first kappa shape index (κ1) is 50.3. The van der Waals surface area contributed by atoms with Gasteiger partial charge in [-0.2, -0.15) is 0 Å². The molecule has 0 bridgehead atoms. The zero-order chi connectivity index (χ0) is 50.5. The van der Waals surface area contributed by atoms with E-state index in [9.17, 15) is 28.8 Å². The van der Waals surface area contributed by atoms with Crippen LogP contribution in [0.1, 0.15) is 62.8 Å². The second-order valence-electron chi connectivity index (χ2n) is 16.9. The van der Waals surface area contributed by atoms with E-state index in [4.69, 9.17) is 9.47 Å². The molecule has 0 spiro atoms. The summed E-state index contributed by atoms with van der Waals surface area (Å²) in [5, 5.41) is 5.81. The standard InChI is InChI=1S/C54H52N6O8S4/c1-5-9-30-56(8-4)54(66)68-42-45-43(69-51(71-45)39-47(61)57(31-35-22-14-10-15-23-35)58(48(39)62)32-36-24-16-11-17-25-36)41(67-53(65)55(6-2)7-3)44-46(42)72-52(70-44)40-49(63)59(33-37-26-18-12-19-27-37)60(50(40)64)34-38-28-20-13-21-29-38/h10-29H,5-9,30-34H2,1-4H3. The Morgan fingerprint density at radius 1 is 0.431 bits per heavy atom. The van der Waals surface area contributed by atoms with Crippen LogP contribution in [0.4, 0.5) is 9.59 Å². The highest BCUT2D eigenvalue weighted by atomic mass is 32.2. The lowest BCUT2D eigenvalue weighted by atomic mass is 10.2. The Hall–Kier alpha value is -6.60. The van der Waals surface area contributed by atoms with Crippen LogP contribution in [0.25, 0.3) is 0 Å². The van der Waals surface area contributed by atoms with Crippen molar-refractivity contribution in [1.29, 1.82) is 0 Å². The Bertz CT molecular complexity index is 2680. The number of thioether (sulfide) groups is 4. The van der Waals surface area contributed by atoms with Crippen LogP contribution in [0.2, 0.25) is 0 Å². The predicted octanol–water partition coefficient (Wildman–Crippen LogP) is 10.9. The average Bonchev–Trinajstić information content (AvgIpc) is 4.14. The molecule has 0 aliphatic carbocycles. The van der Waals surface area contributed by atoms with Gasteiger partial charge in [0.05, 0.1) is 54.2 Å². The molecule has 9 rings (SSSR count). The van der Waals surface area contributed by atoms with Crippen LogP contribution in [0.15, 0.2) is 161 Å². The first-order chi connectivity index (χ1) is 35.0. The minimum absolute atomic E-state index is 0.0769. The third kappa shape index (κ3) is 10.2. The lowest BCUT2D eigenvalue weighted by Crippen LogP contribution is -2.39. The minimum Gasteiger partial charge on any atom is -0.408 e. The van der Waals surface area contributed by atoms with E-state index >= 15 is 0 Å². The minimum atomic E-state index is -0.656. The molecule has 72 heavy (non-hydrogen) atoms. The molecule has 0 aromatic heterocycles. The number of unbranched alkanes of at least 4 members (excludes halogenated alkanes) is 1. The van der Waals surface area contributed by atoms with E-state index in [-0.39, 0.29) is 48.8 Å². The summed E-state index contributed by atoms with van der Waals surface area (Å²) in [4.78, 5) is 92.3. The van der Waals surface area contributed by atoms with Gasteiger partial charge in [0.1, 0.15) is 11.1 Å². The van der Waals surface area contributed by atoms with Crippen LogP contribution in [-0.2, 0) is 45.4 Å². The normalized spacial score (nSPS) is 15.3. The summed E-state index contributed by atoms with van der Waals surface area (Å²) in [5.41, 5.74) is 3.13. The van der Waals surface area contributed by atoms with Crippen molar-refractivity contribution in [2.24, 2.45) is 0 Å². The fourth-order valence-corrected chi connectivity index (χ4v) is 13.9. The number of hydrogen-bond donors (Lipinski definition) is 0. The zero-order valence-corrected chi connectivity index (χ0v) is 43.5. The molecule has 370 valence electrons. The van der Waals surface area contributed by atoms with Gasteiger partial charge >= 0.3 is 12.2 Å². The number of carbonyl (C=O) groups is 6. The van der Waals surface area contributed by atoms with Crippen molar-refractivity contribution in [2.45, 2.75) is 86.3 Å². The van der Waals surface area contributed by atoms with Gasteiger partial charge in [0.25, 0.3) is 23.6 Å². The van der Waals surface area contributed by atoms with Gasteiger partial charge in [0.15, 0.2) is 11.5 Å². The molecule has 0 atom stereocenters. The molecule has 0 unspecified atom stereocenters. The largest absolute Gasteiger partial charge is 0.415 e. The molecule has 14 nitrogen and oxygen atoms in total. The Kier molecular flexibility index (Phi) is 15.7. The fourth-order valence-electron chi connectivity index (χ4n) is 8.45. The molecule has 4 heterocycles. The first-order valence-corrected chi connectivity index (χ1v) is 27.1. The first-order valence-electron chi connectivity index (χ1n) is 23.8. The SMILES string of the molecule is CCCCN(CC)C(=O)Oc1c2c(c(OC(=O)N(CC)CC)c3c1SC(=C1C(=O)N(Cc4ccccc4)N(Cc4ccccc4)C1=O)S3)SC(=C1C(=O)N(Cc3ccccc3)N(Cc3ccccc3)C1=O)S2. The highest BCUT2D eigenvalue weighted by molar-refractivity contribution is 8.26. The van der Waals surface area contributed by atoms with Crippen LogP contribution >= 0.6 is 47.0 Å². The van der Waals surface area contributed by atoms with Gasteiger partial charge < -0.3 is 19.3 Å². The van der Waals surface area contributed by atoms with Crippen LogP contribution in [-0.4, -0.2) is 91.8 Å². The Labute approximate surface area is 435 Å². The van der Waals surface area contributed by atoms with E-state index in [1.54, 1.807) is 4.90 Å². The second kappa shape index (κ2) is 22.4. The van der Waals surface area contributed by atoms with Crippen molar-refractivity contribution in [2.75, 3.05) is 26.2 Å². The lowest BCUT2D eigenvalue weighted by molar-refractivity contribution is -0.149. The summed E-state index contributed by atoms with van der Waals surface area (Å²) < 4.78 is 13.5. The summed E-state index contributed by atoms with van der Waals surface area (Å²) in [6, 6.07) is 37.7. The number of nitrogens with zero attached hydrogens (tertiary/aromatic N) is 6. The maximum absolute atomic E-state index is 14.8. The van der Waals surface area contributed by atoms with E-state index in [1.807, 2.05) is 149 Å². The maximum atomic E-state index is 14.8. The maximum Gasteiger partial charge on any atom is 0.415 e. The molecule has 2 saturated heterocycles. The van der Waals surface area contributed by atoms with Gasteiger partial charge in [0, 0.05) is 26.2 Å². The van der Waals surface area contributed by atoms with Gasteiger partial charge in [-0.1, -0.05) is 182 Å². The topological polar surface area (TPSA) is 140 Å². The van der Waals surface area contributed by atoms with Crippen LogP contribution < -0.4 is 9.47 Å². The molecule has 0 saturated carbocycles. The molecule has 18 heteroatoms. The highest BCUT2D eigenvalue weighted by Gasteiger charge is 2.49. The van der Waals surface area contributed by atoms with Gasteiger partial charge in [-0.25, -0.2) is 29.6 Å². The third-order valence-electron chi connectivity index (χ3n) is 12.3. The number of rotatable bonds is 16. The third-order valence-corrected chi connectivity index (χ3v) is 17.5. The Morgan fingerprint density at radius 3 is 0.972 bits per heavy atom. The Morgan fingerprint density at radius 2 is 0.708 bits per heavy atom. The number of hydrazine groups is 2. The number of ether oxygens (including phenoxy) is 2. The number of amides is 6. The van der Waals surface area contributed by atoms with Crippen molar-refractivity contribution in [3.05, 3.63) is 163 Å². The summed E-state index contributed by atoms with van der Waals surface area (Å²) in [6.45, 7) is 9.52. The smallest absolute Gasteiger partial charge is 0.408 e. The molecule has 5 aromatic carbocycles. The van der Waals surface area contributed by atoms with Gasteiger partial charge in [0.2, 0.25) is 0 Å². The second-order valence-corrected chi connectivity index (χ2v) is 21.5. The summed E-state index contributed by atoms with van der Waals surface area (Å²) >= 11 is 4.34. The predicted molar refractivity (Wildman–Crippen MR) is 279 cm³/mol. The van der Waals surface area contributed by atoms with E-state index in [0.717, 1.165) is 82.1 Å². The van der Waals surface area contributed by atoms with Crippen molar-refractivity contribution >= 4 is 82.9 Å². The lowest BCUT2D eigenvalue weighted by Gasteiger charge is -2.27. The molecule has 2 fully saturated rings. The van der Waals surface area contributed by atoms with E-state index < -0.39 is 35.8 Å². The van der Waals surface area contributed by atoms with E-state index in [1.165, 1.54) is 24.9 Å². The van der Waals surface area contributed by atoms with Crippen molar-refractivity contribution in [1.82, 2.24) is 29.8 Å². The molecule has 0 radical (unpaired) electrons. The van der Waals surface area contributed by atoms with E-state index in [2.05, 4.69) is 0 Å². The molecular formula is C54H52N6O8S4. The van der Waals surface area contributed by atoms with Gasteiger partial charge in [-0.15, -0.1) is 0 Å². The van der Waals surface area contributed by atoms with Gasteiger partial charge in [-0.3, -0.25) is 19.2 Å². The summed E-state index contributed by atoms with van der Waals surface area (Å²) in [5.74, 6) is -1.86. The molecular weight excluding hydrogens is 989 g/mol. The number of fused-ring (bicyclic) bond motifs is 2. The summed E-state index contributed by atoms with van der Waals surface area (Å²) in [7, 11) is 0. The fraction of sp³-hybridized carbons (Fsp3) is 0.259. The molecule has 4 aliphatic heterocycles. The average molecular weight is 1040 g/mol. The van der Waals surface area contributed by atoms with Crippen molar-refractivity contribution in [3.8, 4) is 11.5 Å². The number of hydrogen-bond acceptors (Lipinski definition) is 12. The number of carbonyl (C=O) groups excluding carboxylic acids is 6. The summed E-state index contributed by atoms with van der Waals surface area (Å²) in [6.07, 6.45) is 0.279. The molecule has 5 aromatic rings. The molecule has 4 aliphatic rings. The van der Waals surface area contributed by atoms with Crippen LogP contribution in [0, 0.1) is 0 Å². The molecule has 6 amide bonds. The highest BCUT2D eigenvalue weighted by Crippen LogP contribution is 2.69. The molecule has 0 N–H and O–H groups in total. The number of benzene rings is 5. The van der Waals surface area contributed by atoms with Crippen LogP contribution in [0.5, 0.6) is 11.5 Å². The van der Waals surface area contributed by atoms with E-state index in [0.29, 0.717) is 54.2 Å². The Balaban J connectivity index is 1.18. The van der Waals surface area contributed by atoms with Crippen molar-refractivity contribution in [3.63, 3.8) is 0 Å². The van der Waals surface area contributed by atoms with Gasteiger partial charge in [-0.05, 0) is 49.4 Å². The monoisotopic (exact) mass is 1040 g/mol.